The molecule has 0 saturated heterocycles. The van der Waals surface area contributed by atoms with Gasteiger partial charge in [-0.25, -0.2) is 0 Å². The van der Waals surface area contributed by atoms with Crippen molar-refractivity contribution in [2.24, 2.45) is 11.3 Å². The van der Waals surface area contributed by atoms with Crippen molar-refractivity contribution in [3.05, 3.63) is 35.5 Å². The van der Waals surface area contributed by atoms with Gasteiger partial charge in [-0.05, 0) is 35.8 Å². The van der Waals surface area contributed by atoms with E-state index in [4.69, 9.17) is 5.11 Å². The first-order valence-corrected chi connectivity index (χ1v) is 6.72. The molecule has 1 aliphatic carbocycles. The molecule has 0 unspecified atom stereocenters. The fourth-order valence-electron chi connectivity index (χ4n) is 3.59. The lowest BCUT2D eigenvalue weighted by Crippen LogP contribution is -1.99. The van der Waals surface area contributed by atoms with E-state index >= 15 is 0 Å². The number of H-pyrrole nitrogens is 1. The predicted molar refractivity (Wildman–Crippen MR) is 75.3 cm³/mol. The number of aromatic nitrogens is 1. The number of aromatic amines is 1. The topological polar surface area (TPSA) is 53.1 Å². The fourth-order valence-corrected chi connectivity index (χ4v) is 3.59. The third-order valence-electron chi connectivity index (χ3n) is 4.70. The Balaban J connectivity index is 2.06. The molecule has 2 aromatic rings. The lowest BCUT2D eigenvalue weighted by atomic mass is 10.0. The number of carboxylic acids is 1. The Hall–Kier alpha value is -1.77. The first-order chi connectivity index (χ1) is 8.93. The molecule has 1 aliphatic rings. The van der Waals surface area contributed by atoms with E-state index in [1.807, 2.05) is 12.1 Å². The zero-order valence-corrected chi connectivity index (χ0v) is 11.5. The largest absolute Gasteiger partial charge is 0.481 e. The molecule has 3 nitrogen and oxygen atoms in total. The Labute approximate surface area is 112 Å². The van der Waals surface area contributed by atoms with Crippen LogP contribution in [0, 0.1) is 18.3 Å². The molecule has 1 saturated carbocycles. The molecular formula is C16H19NO2. The highest BCUT2D eigenvalue weighted by atomic mass is 16.4. The zero-order chi connectivity index (χ0) is 13.8. The number of benzene rings is 1. The number of hydrogen-bond acceptors (Lipinski definition) is 1. The van der Waals surface area contributed by atoms with E-state index in [0.717, 1.165) is 5.52 Å². The standard InChI is InChI=1S/C16H19NO2/c1-9-14(10-6-4-5-7-12(10)17-9)15-11(8-13(18)19)16(15,2)3/h4-7,11,15,17H,8H2,1-3H3,(H,18,19)/t11-,15-/m1/s1. The Morgan fingerprint density at radius 3 is 2.74 bits per heavy atom. The van der Waals surface area contributed by atoms with E-state index in [1.54, 1.807) is 0 Å². The molecule has 1 fully saturated rings. The van der Waals surface area contributed by atoms with Gasteiger partial charge in [-0.3, -0.25) is 4.79 Å². The van der Waals surface area contributed by atoms with Gasteiger partial charge in [0.05, 0.1) is 0 Å². The maximum Gasteiger partial charge on any atom is 0.303 e. The van der Waals surface area contributed by atoms with Crippen molar-refractivity contribution in [2.45, 2.75) is 33.1 Å². The van der Waals surface area contributed by atoms with Crippen LogP contribution in [-0.4, -0.2) is 16.1 Å². The fraction of sp³-hybridized carbons (Fsp3) is 0.438. The van der Waals surface area contributed by atoms with Crippen LogP contribution in [-0.2, 0) is 4.79 Å². The van der Waals surface area contributed by atoms with Crippen molar-refractivity contribution in [3.8, 4) is 0 Å². The molecule has 100 valence electrons. The number of nitrogens with one attached hydrogen (secondary N) is 1. The summed E-state index contributed by atoms with van der Waals surface area (Å²) in [5, 5.41) is 10.3. The van der Waals surface area contributed by atoms with Crippen molar-refractivity contribution < 1.29 is 9.90 Å². The first-order valence-electron chi connectivity index (χ1n) is 6.72. The van der Waals surface area contributed by atoms with Crippen molar-refractivity contribution in [1.29, 1.82) is 0 Å². The second kappa shape index (κ2) is 3.86. The molecule has 0 radical (unpaired) electrons. The van der Waals surface area contributed by atoms with Crippen LogP contribution in [0.15, 0.2) is 24.3 Å². The van der Waals surface area contributed by atoms with E-state index in [1.165, 1.54) is 16.6 Å². The number of carboxylic acid groups (broad SMARTS) is 1. The number of carbonyl (C=O) groups is 1. The first kappa shape index (κ1) is 12.3. The quantitative estimate of drug-likeness (QED) is 0.881. The normalized spacial score (nSPS) is 24.6. The molecule has 3 rings (SSSR count). The molecule has 2 atom stereocenters. The van der Waals surface area contributed by atoms with Crippen molar-refractivity contribution >= 4 is 16.9 Å². The SMILES string of the molecule is Cc1[nH]c2ccccc2c1[C@H]1[C@@H](CC(=O)O)C1(C)C. The van der Waals surface area contributed by atoms with Gasteiger partial charge in [-0.2, -0.15) is 0 Å². The van der Waals surface area contributed by atoms with Crippen LogP contribution >= 0.6 is 0 Å². The van der Waals surface area contributed by atoms with Crippen LogP contribution in [0.3, 0.4) is 0 Å². The number of aryl methyl sites for hydroxylation is 1. The minimum absolute atomic E-state index is 0.0775. The highest BCUT2D eigenvalue weighted by Gasteiger charge is 2.59. The minimum atomic E-state index is -0.696. The van der Waals surface area contributed by atoms with Gasteiger partial charge in [0.1, 0.15) is 0 Å². The van der Waals surface area contributed by atoms with Gasteiger partial charge in [-0.15, -0.1) is 0 Å². The van der Waals surface area contributed by atoms with Crippen molar-refractivity contribution in [3.63, 3.8) is 0 Å². The van der Waals surface area contributed by atoms with Gasteiger partial charge in [0.15, 0.2) is 0 Å². The summed E-state index contributed by atoms with van der Waals surface area (Å²) in [5.74, 6) is -0.110. The number of aliphatic carboxylic acids is 1. The average molecular weight is 257 g/mol. The summed E-state index contributed by atoms with van der Waals surface area (Å²) in [5.41, 5.74) is 3.71. The van der Waals surface area contributed by atoms with Gasteiger partial charge in [0.2, 0.25) is 0 Å². The van der Waals surface area contributed by atoms with E-state index in [0.29, 0.717) is 5.92 Å². The number of fused-ring (bicyclic) bond motifs is 1. The third-order valence-corrected chi connectivity index (χ3v) is 4.70. The van der Waals surface area contributed by atoms with Crippen LogP contribution in [0.5, 0.6) is 0 Å². The van der Waals surface area contributed by atoms with Crippen molar-refractivity contribution in [1.82, 2.24) is 4.98 Å². The second-order valence-corrected chi connectivity index (χ2v) is 6.21. The highest BCUT2D eigenvalue weighted by Crippen LogP contribution is 2.67. The smallest absolute Gasteiger partial charge is 0.303 e. The van der Waals surface area contributed by atoms with Crippen molar-refractivity contribution in [2.75, 3.05) is 0 Å². The monoisotopic (exact) mass is 257 g/mol. The lowest BCUT2D eigenvalue weighted by molar-refractivity contribution is -0.137. The Bertz CT molecular complexity index is 654. The van der Waals surface area contributed by atoms with Crippen LogP contribution in [0.25, 0.3) is 10.9 Å². The van der Waals surface area contributed by atoms with Gasteiger partial charge in [0, 0.05) is 23.0 Å². The van der Waals surface area contributed by atoms with E-state index in [2.05, 4.69) is 37.9 Å². The molecule has 1 heterocycles. The number of para-hydroxylation sites is 1. The molecule has 1 aromatic carbocycles. The molecule has 19 heavy (non-hydrogen) atoms. The van der Waals surface area contributed by atoms with Crippen LogP contribution in [0.2, 0.25) is 0 Å². The van der Waals surface area contributed by atoms with Crippen LogP contribution in [0.4, 0.5) is 0 Å². The molecular weight excluding hydrogens is 238 g/mol. The highest BCUT2D eigenvalue weighted by molar-refractivity contribution is 5.86. The minimum Gasteiger partial charge on any atom is -0.481 e. The number of rotatable bonds is 3. The van der Waals surface area contributed by atoms with Gasteiger partial charge in [0.25, 0.3) is 0 Å². The van der Waals surface area contributed by atoms with Gasteiger partial charge in [-0.1, -0.05) is 32.0 Å². The molecule has 0 amide bonds. The molecule has 0 spiro atoms. The molecule has 0 bridgehead atoms. The summed E-state index contributed by atoms with van der Waals surface area (Å²) in [6.45, 7) is 6.43. The van der Waals surface area contributed by atoms with Gasteiger partial charge < -0.3 is 10.1 Å². The zero-order valence-electron chi connectivity index (χ0n) is 11.5. The molecule has 3 heteroatoms. The average Bonchev–Trinajstić information content (AvgIpc) is 2.69. The van der Waals surface area contributed by atoms with E-state index < -0.39 is 5.97 Å². The lowest BCUT2D eigenvalue weighted by Gasteiger charge is -2.03. The maximum atomic E-state index is 11.0. The summed E-state index contributed by atoms with van der Waals surface area (Å²) >= 11 is 0. The summed E-state index contributed by atoms with van der Waals surface area (Å²) in [6.07, 6.45) is 0.261. The summed E-state index contributed by atoms with van der Waals surface area (Å²) in [6, 6.07) is 8.27. The second-order valence-electron chi connectivity index (χ2n) is 6.21. The van der Waals surface area contributed by atoms with Crippen LogP contribution in [0.1, 0.15) is 37.4 Å². The maximum absolute atomic E-state index is 11.0. The van der Waals surface area contributed by atoms with E-state index in [-0.39, 0.29) is 17.8 Å². The van der Waals surface area contributed by atoms with Gasteiger partial charge >= 0.3 is 5.97 Å². The molecule has 0 aliphatic heterocycles. The summed E-state index contributed by atoms with van der Waals surface area (Å²) < 4.78 is 0. The summed E-state index contributed by atoms with van der Waals surface area (Å²) in [4.78, 5) is 14.4. The predicted octanol–water partition coefficient (Wildman–Crippen LogP) is 3.69. The number of hydrogen-bond donors (Lipinski definition) is 2. The molecule has 2 N–H and O–H groups in total. The third kappa shape index (κ3) is 1.76. The van der Waals surface area contributed by atoms with E-state index in [9.17, 15) is 4.79 Å². The Morgan fingerprint density at radius 2 is 2.05 bits per heavy atom. The molecule has 1 aromatic heterocycles. The Morgan fingerprint density at radius 1 is 1.37 bits per heavy atom. The van der Waals surface area contributed by atoms with Crippen LogP contribution < -0.4 is 0 Å². The Kier molecular flexibility index (Phi) is 2.49. The summed E-state index contributed by atoms with van der Waals surface area (Å²) in [7, 11) is 0.